The highest BCUT2D eigenvalue weighted by atomic mass is 16.4. The second kappa shape index (κ2) is 11.6. The Morgan fingerprint density at radius 3 is 2.06 bits per heavy atom. The van der Waals surface area contributed by atoms with Gasteiger partial charge in [0.1, 0.15) is 0 Å². The topological polar surface area (TPSA) is 37.3 Å². The molecule has 0 fully saturated rings. The summed E-state index contributed by atoms with van der Waals surface area (Å²) in [6, 6.07) is 0. The Kier molecular flexibility index (Phi) is 11.2. The summed E-state index contributed by atoms with van der Waals surface area (Å²) >= 11 is 0. The second-order valence-corrected chi connectivity index (χ2v) is 5.91. The summed E-state index contributed by atoms with van der Waals surface area (Å²) in [4.78, 5) is 10.3. The van der Waals surface area contributed by atoms with E-state index in [9.17, 15) is 4.79 Å². The lowest BCUT2D eigenvalue weighted by Crippen LogP contribution is -2.02. The molecule has 2 heteroatoms. The molecule has 0 saturated carbocycles. The highest BCUT2D eigenvalue weighted by Crippen LogP contribution is 2.20. The summed E-state index contributed by atoms with van der Waals surface area (Å²) in [6.45, 7) is 6.99. The van der Waals surface area contributed by atoms with Gasteiger partial charge >= 0.3 is 5.97 Å². The van der Waals surface area contributed by atoms with Gasteiger partial charge in [-0.1, -0.05) is 65.7 Å². The van der Waals surface area contributed by atoms with Gasteiger partial charge in [-0.05, 0) is 24.7 Å². The van der Waals surface area contributed by atoms with E-state index in [1.165, 1.54) is 44.9 Å². The van der Waals surface area contributed by atoms with Crippen molar-refractivity contribution in [2.45, 2.75) is 85.0 Å². The van der Waals surface area contributed by atoms with Crippen LogP contribution in [0.25, 0.3) is 0 Å². The average Bonchev–Trinajstić information content (AvgIpc) is 2.31. The lowest BCUT2D eigenvalue weighted by Gasteiger charge is -2.15. The van der Waals surface area contributed by atoms with Crippen molar-refractivity contribution >= 4 is 5.97 Å². The molecule has 0 heterocycles. The van der Waals surface area contributed by atoms with Gasteiger partial charge in [0.25, 0.3) is 0 Å². The van der Waals surface area contributed by atoms with Crippen LogP contribution in [0.5, 0.6) is 0 Å². The molecule has 108 valence electrons. The van der Waals surface area contributed by atoms with Crippen molar-refractivity contribution in [3.05, 3.63) is 0 Å². The van der Waals surface area contributed by atoms with E-state index in [4.69, 9.17) is 5.11 Å². The summed E-state index contributed by atoms with van der Waals surface area (Å²) < 4.78 is 0. The van der Waals surface area contributed by atoms with E-state index in [1.807, 2.05) is 0 Å². The van der Waals surface area contributed by atoms with Crippen LogP contribution in [0.15, 0.2) is 0 Å². The zero-order valence-corrected chi connectivity index (χ0v) is 12.6. The van der Waals surface area contributed by atoms with Gasteiger partial charge in [0.05, 0.1) is 0 Å². The normalized spacial score (nSPS) is 14.4. The monoisotopic (exact) mass is 256 g/mol. The fourth-order valence-electron chi connectivity index (χ4n) is 2.45. The van der Waals surface area contributed by atoms with Crippen LogP contribution in [-0.4, -0.2) is 11.1 Å². The molecule has 0 aromatic carbocycles. The molecule has 0 spiro atoms. The quantitative estimate of drug-likeness (QED) is 0.483. The highest BCUT2D eigenvalue weighted by molar-refractivity contribution is 5.66. The molecule has 0 saturated heterocycles. The van der Waals surface area contributed by atoms with Gasteiger partial charge in [-0.15, -0.1) is 0 Å². The minimum Gasteiger partial charge on any atom is -0.481 e. The van der Waals surface area contributed by atoms with Crippen molar-refractivity contribution in [3.8, 4) is 0 Å². The van der Waals surface area contributed by atoms with Crippen LogP contribution >= 0.6 is 0 Å². The molecule has 2 atom stereocenters. The summed E-state index contributed by atoms with van der Waals surface area (Å²) in [5.41, 5.74) is 0. The van der Waals surface area contributed by atoms with Crippen molar-refractivity contribution in [3.63, 3.8) is 0 Å². The third kappa shape index (κ3) is 11.9. The van der Waals surface area contributed by atoms with Crippen molar-refractivity contribution in [2.75, 3.05) is 0 Å². The second-order valence-electron chi connectivity index (χ2n) is 5.91. The third-order valence-corrected chi connectivity index (χ3v) is 3.84. The molecule has 0 unspecified atom stereocenters. The number of hydrogen-bond donors (Lipinski definition) is 1. The zero-order valence-electron chi connectivity index (χ0n) is 12.6. The van der Waals surface area contributed by atoms with E-state index in [0.717, 1.165) is 24.7 Å². The summed E-state index contributed by atoms with van der Waals surface area (Å²) in [6.07, 6.45) is 11.4. The maximum Gasteiger partial charge on any atom is 0.303 e. The highest BCUT2D eigenvalue weighted by Gasteiger charge is 2.06. The van der Waals surface area contributed by atoms with E-state index in [-0.39, 0.29) is 0 Å². The minimum absolute atomic E-state index is 0.339. The molecule has 0 aliphatic heterocycles. The Labute approximate surface area is 113 Å². The van der Waals surface area contributed by atoms with Gasteiger partial charge in [-0.25, -0.2) is 0 Å². The average molecular weight is 256 g/mol. The smallest absolute Gasteiger partial charge is 0.303 e. The van der Waals surface area contributed by atoms with E-state index in [0.29, 0.717) is 6.42 Å². The molecule has 0 aliphatic carbocycles. The van der Waals surface area contributed by atoms with Crippen LogP contribution in [0.4, 0.5) is 0 Å². The van der Waals surface area contributed by atoms with Crippen molar-refractivity contribution in [1.82, 2.24) is 0 Å². The number of carbonyl (C=O) groups is 1. The molecular weight excluding hydrogens is 224 g/mol. The largest absolute Gasteiger partial charge is 0.481 e. The van der Waals surface area contributed by atoms with Crippen LogP contribution < -0.4 is 0 Å². The summed E-state index contributed by atoms with van der Waals surface area (Å²) in [5, 5.41) is 8.51. The van der Waals surface area contributed by atoms with E-state index in [1.54, 1.807) is 0 Å². The number of aliphatic carboxylic acids is 1. The molecule has 0 bridgehead atoms. The molecule has 0 amide bonds. The molecule has 0 aliphatic rings. The Morgan fingerprint density at radius 1 is 0.944 bits per heavy atom. The predicted octanol–water partition coefficient (Wildman–Crippen LogP) is 5.26. The van der Waals surface area contributed by atoms with Crippen LogP contribution in [0.3, 0.4) is 0 Å². The van der Waals surface area contributed by atoms with Crippen LogP contribution in [0.1, 0.15) is 85.0 Å². The van der Waals surface area contributed by atoms with Crippen molar-refractivity contribution < 1.29 is 9.90 Å². The van der Waals surface area contributed by atoms with Gasteiger partial charge in [-0.3, -0.25) is 4.79 Å². The zero-order chi connectivity index (χ0) is 13.8. The maximum absolute atomic E-state index is 10.3. The molecule has 0 aromatic rings. The van der Waals surface area contributed by atoms with Crippen LogP contribution in [-0.2, 0) is 4.79 Å². The van der Waals surface area contributed by atoms with Gasteiger partial charge in [0.2, 0.25) is 0 Å². The van der Waals surface area contributed by atoms with E-state index < -0.39 is 5.97 Å². The third-order valence-electron chi connectivity index (χ3n) is 3.84. The van der Waals surface area contributed by atoms with Gasteiger partial charge in [-0.2, -0.15) is 0 Å². The van der Waals surface area contributed by atoms with Crippen molar-refractivity contribution in [1.29, 1.82) is 0 Å². The van der Waals surface area contributed by atoms with Crippen LogP contribution in [0, 0.1) is 11.8 Å². The first-order valence-electron chi connectivity index (χ1n) is 7.78. The molecule has 0 aromatic heterocycles. The van der Waals surface area contributed by atoms with Crippen molar-refractivity contribution in [2.24, 2.45) is 11.8 Å². The van der Waals surface area contributed by atoms with Gasteiger partial charge in [0.15, 0.2) is 0 Å². The molecule has 0 radical (unpaired) electrons. The Hall–Kier alpha value is -0.530. The molecule has 0 rings (SSSR count). The Morgan fingerprint density at radius 2 is 1.50 bits per heavy atom. The maximum atomic E-state index is 10.3. The lowest BCUT2D eigenvalue weighted by atomic mass is 9.91. The number of rotatable bonds is 12. The molecule has 2 nitrogen and oxygen atoms in total. The standard InChI is InChI=1S/C16H32O2/c1-4-14(2)13-15(3)11-9-7-5-6-8-10-12-16(17)18/h14-15H,4-13H2,1-3H3,(H,17,18)/t14-,15+/m0/s1. The Bertz CT molecular complexity index is 201. The SMILES string of the molecule is CC[C@H](C)C[C@H](C)CCCCCCCCC(=O)O. The first-order chi connectivity index (χ1) is 8.56. The number of carboxylic acid groups (broad SMARTS) is 1. The number of unbranched alkanes of at least 4 members (excludes halogenated alkanes) is 5. The fourth-order valence-corrected chi connectivity index (χ4v) is 2.45. The lowest BCUT2D eigenvalue weighted by molar-refractivity contribution is -0.137. The van der Waals surface area contributed by atoms with E-state index >= 15 is 0 Å². The van der Waals surface area contributed by atoms with E-state index in [2.05, 4.69) is 20.8 Å². The fraction of sp³-hybridized carbons (Fsp3) is 0.938. The number of carboxylic acids is 1. The Balaban J connectivity index is 3.22. The first-order valence-corrected chi connectivity index (χ1v) is 7.78. The predicted molar refractivity (Wildman–Crippen MR) is 77.8 cm³/mol. The summed E-state index contributed by atoms with van der Waals surface area (Å²) in [5.74, 6) is 1.08. The molecule has 18 heavy (non-hydrogen) atoms. The first kappa shape index (κ1) is 17.5. The minimum atomic E-state index is -0.658. The van der Waals surface area contributed by atoms with Gasteiger partial charge < -0.3 is 5.11 Å². The van der Waals surface area contributed by atoms with Gasteiger partial charge in [0, 0.05) is 6.42 Å². The number of hydrogen-bond acceptors (Lipinski definition) is 1. The van der Waals surface area contributed by atoms with Crippen LogP contribution in [0.2, 0.25) is 0 Å². The summed E-state index contributed by atoms with van der Waals surface area (Å²) in [7, 11) is 0. The molecular formula is C16H32O2. The molecule has 1 N–H and O–H groups in total.